The van der Waals surface area contributed by atoms with Crippen molar-refractivity contribution in [3.05, 3.63) is 23.3 Å². The Kier molecular flexibility index (Phi) is 1.88. The van der Waals surface area contributed by atoms with E-state index in [9.17, 15) is 0 Å². The summed E-state index contributed by atoms with van der Waals surface area (Å²) in [4.78, 5) is 0. The average molecular weight is 179 g/mol. The first-order valence-corrected chi connectivity index (χ1v) is 4.30. The van der Waals surface area contributed by atoms with Crippen LogP contribution < -0.4 is 15.2 Å². The summed E-state index contributed by atoms with van der Waals surface area (Å²) in [6.07, 6.45) is 0. The van der Waals surface area contributed by atoms with Crippen LogP contribution in [0.4, 0.5) is 0 Å². The molecule has 0 fully saturated rings. The number of nitrogens with two attached hydrogens (primary N) is 1. The van der Waals surface area contributed by atoms with E-state index in [1.807, 2.05) is 19.1 Å². The molecular weight excluding hydrogens is 166 g/mol. The fraction of sp³-hybridized carbons (Fsp3) is 0.400. The molecule has 0 aromatic heterocycles. The summed E-state index contributed by atoms with van der Waals surface area (Å²) in [5.74, 6) is 1.63. The van der Waals surface area contributed by atoms with Crippen LogP contribution in [-0.4, -0.2) is 13.7 Å². The summed E-state index contributed by atoms with van der Waals surface area (Å²) in [7, 11) is 1.65. The fourth-order valence-corrected chi connectivity index (χ4v) is 1.63. The van der Waals surface area contributed by atoms with Gasteiger partial charge in [0.05, 0.1) is 13.2 Å². The molecule has 2 rings (SSSR count). The monoisotopic (exact) mass is 179 g/mol. The van der Waals surface area contributed by atoms with Gasteiger partial charge in [-0.15, -0.1) is 0 Å². The van der Waals surface area contributed by atoms with Crippen LogP contribution in [0.15, 0.2) is 12.1 Å². The molecule has 70 valence electrons. The zero-order valence-corrected chi connectivity index (χ0v) is 7.83. The second-order valence-corrected chi connectivity index (χ2v) is 3.25. The van der Waals surface area contributed by atoms with Crippen LogP contribution in [0.2, 0.25) is 0 Å². The van der Waals surface area contributed by atoms with E-state index in [0.717, 1.165) is 22.6 Å². The number of fused-ring (bicyclic) bond motifs is 1. The maximum Gasteiger partial charge on any atom is 0.166 e. The molecule has 0 saturated carbocycles. The molecular formula is C10H13NO2. The number of hydrogen-bond acceptors (Lipinski definition) is 3. The van der Waals surface area contributed by atoms with E-state index in [2.05, 4.69) is 0 Å². The first kappa shape index (κ1) is 8.38. The van der Waals surface area contributed by atoms with Crippen molar-refractivity contribution in [2.75, 3.05) is 13.7 Å². The SMILES string of the molecule is COc1c(C)ccc2c1OC[C@@H]2N. The molecule has 0 radical (unpaired) electrons. The Morgan fingerprint density at radius 2 is 2.31 bits per heavy atom. The number of aryl methyl sites for hydroxylation is 1. The van der Waals surface area contributed by atoms with Crippen molar-refractivity contribution in [3.8, 4) is 11.5 Å². The lowest BCUT2D eigenvalue weighted by Crippen LogP contribution is -2.10. The van der Waals surface area contributed by atoms with E-state index in [-0.39, 0.29) is 6.04 Å². The highest BCUT2D eigenvalue weighted by atomic mass is 16.5. The summed E-state index contributed by atoms with van der Waals surface area (Å²) in [6.45, 7) is 2.54. The van der Waals surface area contributed by atoms with E-state index in [1.54, 1.807) is 7.11 Å². The molecule has 3 heteroatoms. The maximum atomic E-state index is 5.84. The summed E-state index contributed by atoms with van der Waals surface area (Å²) >= 11 is 0. The van der Waals surface area contributed by atoms with Gasteiger partial charge in [-0.1, -0.05) is 12.1 Å². The Bertz CT molecular complexity index is 336. The van der Waals surface area contributed by atoms with Gasteiger partial charge in [0.25, 0.3) is 0 Å². The van der Waals surface area contributed by atoms with Gasteiger partial charge < -0.3 is 15.2 Å². The number of ether oxygens (including phenoxy) is 2. The standard InChI is InChI=1S/C10H13NO2/c1-6-3-4-7-8(11)5-13-10(7)9(6)12-2/h3-4,8H,5,11H2,1-2H3/t8-/m0/s1. The summed E-state index contributed by atoms with van der Waals surface area (Å²) in [5.41, 5.74) is 7.96. The van der Waals surface area contributed by atoms with Gasteiger partial charge in [-0.05, 0) is 12.5 Å². The van der Waals surface area contributed by atoms with Crippen LogP contribution in [0.3, 0.4) is 0 Å². The second-order valence-electron chi connectivity index (χ2n) is 3.25. The molecule has 13 heavy (non-hydrogen) atoms. The highest BCUT2D eigenvalue weighted by molar-refractivity contribution is 5.54. The molecule has 0 saturated heterocycles. The molecule has 1 atom stereocenters. The normalized spacial score (nSPS) is 19.5. The number of methoxy groups -OCH3 is 1. The minimum Gasteiger partial charge on any atom is -0.493 e. The molecule has 1 heterocycles. The predicted octanol–water partition coefficient (Wildman–Crippen LogP) is 1.40. The van der Waals surface area contributed by atoms with Crippen molar-refractivity contribution in [2.45, 2.75) is 13.0 Å². The lowest BCUT2D eigenvalue weighted by atomic mass is 10.1. The maximum absolute atomic E-state index is 5.84. The Hall–Kier alpha value is -1.22. The van der Waals surface area contributed by atoms with Gasteiger partial charge in [0.1, 0.15) is 6.61 Å². The minimum atomic E-state index is -0.00972. The third kappa shape index (κ3) is 1.16. The Labute approximate surface area is 77.5 Å². The quantitative estimate of drug-likeness (QED) is 0.708. The highest BCUT2D eigenvalue weighted by Crippen LogP contribution is 2.41. The smallest absolute Gasteiger partial charge is 0.166 e. The van der Waals surface area contributed by atoms with Gasteiger partial charge in [0.2, 0.25) is 0 Å². The topological polar surface area (TPSA) is 44.5 Å². The molecule has 0 spiro atoms. The first-order valence-electron chi connectivity index (χ1n) is 4.30. The highest BCUT2D eigenvalue weighted by Gasteiger charge is 2.24. The average Bonchev–Trinajstić information content (AvgIpc) is 2.48. The number of hydrogen-bond donors (Lipinski definition) is 1. The van der Waals surface area contributed by atoms with E-state index in [1.165, 1.54) is 0 Å². The zero-order chi connectivity index (χ0) is 9.42. The van der Waals surface area contributed by atoms with Gasteiger partial charge in [0.15, 0.2) is 11.5 Å². The van der Waals surface area contributed by atoms with Crippen molar-refractivity contribution in [1.82, 2.24) is 0 Å². The van der Waals surface area contributed by atoms with Crippen molar-refractivity contribution >= 4 is 0 Å². The van der Waals surface area contributed by atoms with Crippen molar-refractivity contribution in [3.63, 3.8) is 0 Å². The zero-order valence-electron chi connectivity index (χ0n) is 7.83. The van der Waals surface area contributed by atoms with Crippen LogP contribution in [0.25, 0.3) is 0 Å². The van der Waals surface area contributed by atoms with Crippen LogP contribution in [0, 0.1) is 6.92 Å². The molecule has 1 aromatic carbocycles. The lowest BCUT2D eigenvalue weighted by Gasteiger charge is -2.09. The van der Waals surface area contributed by atoms with Gasteiger partial charge >= 0.3 is 0 Å². The van der Waals surface area contributed by atoms with Crippen molar-refractivity contribution in [1.29, 1.82) is 0 Å². The van der Waals surface area contributed by atoms with E-state index >= 15 is 0 Å². The molecule has 1 aliphatic heterocycles. The molecule has 0 aliphatic carbocycles. The molecule has 3 nitrogen and oxygen atoms in total. The van der Waals surface area contributed by atoms with Gasteiger partial charge in [0, 0.05) is 5.56 Å². The molecule has 1 aromatic rings. The van der Waals surface area contributed by atoms with Crippen LogP contribution in [-0.2, 0) is 0 Å². The van der Waals surface area contributed by atoms with Gasteiger partial charge in [-0.3, -0.25) is 0 Å². The molecule has 0 bridgehead atoms. The second kappa shape index (κ2) is 2.92. The Morgan fingerprint density at radius 1 is 1.54 bits per heavy atom. The minimum absolute atomic E-state index is 0.00972. The Balaban J connectivity index is 2.57. The van der Waals surface area contributed by atoms with E-state index in [4.69, 9.17) is 15.2 Å². The fourth-order valence-electron chi connectivity index (χ4n) is 1.63. The van der Waals surface area contributed by atoms with Crippen molar-refractivity contribution < 1.29 is 9.47 Å². The molecule has 0 amide bonds. The molecule has 1 aliphatic rings. The lowest BCUT2D eigenvalue weighted by molar-refractivity contribution is 0.310. The van der Waals surface area contributed by atoms with Gasteiger partial charge in [-0.25, -0.2) is 0 Å². The molecule has 0 unspecified atom stereocenters. The summed E-state index contributed by atoms with van der Waals surface area (Å²) in [6, 6.07) is 4.00. The number of benzene rings is 1. The van der Waals surface area contributed by atoms with E-state index < -0.39 is 0 Å². The third-order valence-corrected chi connectivity index (χ3v) is 2.35. The summed E-state index contributed by atoms with van der Waals surface area (Å²) < 4.78 is 10.7. The molecule has 2 N–H and O–H groups in total. The third-order valence-electron chi connectivity index (χ3n) is 2.35. The predicted molar refractivity (Wildman–Crippen MR) is 50.2 cm³/mol. The van der Waals surface area contributed by atoms with Gasteiger partial charge in [-0.2, -0.15) is 0 Å². The Morgan fingerprint density at radius 3 is 3.00 bits per heavy atom. The van der Waals surface area contributed by atoms with Crippen LogP contribution >= 0.6 is 0 Å². The van der Waals surface area contributed by atoms with Crippen LogP contribution in [0.1, 0.15) is 17.2 Å². The summed E-state index contributed by atoms with van der Waals surface area (Å²) in [5, 5.41) is 0. The first-order chi connectivity index (χ1) is 6.24. The van der Waals surface area contributed by atoms with Crippen LogP contribution in [0.5, 0.6) is 11.5 Å². The number of rotatable bonds is 1. The largest absolute Gasteiger partial charge is 0.493 e. The van der Waals surface area contributed by atoms with E-state index in [0.29, 0.717) is 6.61 Å². The van der Waals surface area contributed by atoms with Crippen molar-refractivity contribution in [2.24, 2.45) is 5.73 Å².